The molecule has 1 saturated heterocycles. The van der Waals surface area contributed by atoms with Gasteiger partial charge in [-0.1, -0.05) is 0 Å². The highest BCUT2D eigenvalue weighted by molar-refractivity contribution is 9.10. The van der Waals surface area contributed by atoms with Crippen LogP contribution in [-0.4, -0.2) is 29.1 Å². The van der Waals surface area contributed by atoms with Crippen molar-refractivity contribution in [1.82, 2.24) is 5.32 Å². The molecule has 0 aromatic carbocycles. The van der Waals surface area contributed by atoms with Gasteiger partial charge in [0, 0.05) is 13.1 Å². The summed E-state index contributed by atoms with van der Waals surface area (Å²) in [5.74, 6) is -0.993. The lowest BCUT2D eigenvalue weighted by Crippen LogP contribution is -2.31. The fourth-order valence-electron chi connectivity index (χ4n) is 0.999. The summed E-state index contributed by atoms with van der Waals surface area (Å²) in [5.41, 5.74) is 0. The third-order valence-electron chi connectivity index (χ3n) is 1.60. The van der Waals surface area contributed by atoms with E-state index in [0.29, 0.717) is 0 Å². The van der Waals surface area contributed by atoms with Crippen LogP contribution in [0.5, 0.6) is 0 Å². The summed E-state index contributed by atoms with van der Waals surface area (Å²) in [7, 11) is 0. The molecule has 2 N–H and O–H groups in total. The van der Waals surface area contributed by atoms with Crippen LogP contribution >= 0.6 is 15.9 Å². The molecule has 10 heavy (non-hydrogen) atoms. The minimum atomic E-state index is -2.95. The Morgan fingerprint density at radius 3 is 2.30 bits per heavy atom. The summed E-state index contributed by atoms with van der Waals surface area (Å²) in [4.78, 5) is -2.95. The van der Waals surface area contributed by atoms with Gasteiger partial charge in [0.25, 0.3) is 0 Å². The van der Waals surface area contributed by atoms with E-state index < -0.39 is 16.9 Å². The van der Waals surface area contributed by atoms with Gasteiger partial charge in [-0.2, -0.15) is 8.78 Å². The molecule has 1 aliphatic heterocycles. The number of nitrogens with one attached hydrogen (secondary N) is 1. The molecular formula is C5H8BrF2NO. The number of aliphatic hydroxyl groups is 1. The second-order valence-electron chi connectivity index (χ2n) is 2.37. The Labute approximate surface area is 65.7 Å². The average Bonchev–Trinajstić information content (AvgIpc) is 2.11. The van der Waals surface area contributed by atoms with Gasteiger partial charge in [0.15, 0.2) is 0 Å². The zero-order chi connectivity index (χ0) is 7.78. The fourth-order valence-corrected chi connectivity index (χ4v) is 1.47. The van der Waals surface area contributed by atoms with Crippen LogP contribution in [-0.2, 0) is 0 Å². The third-order valence-corrected chi connectivity index (χ3v) is 2.19. The van der Waals surface area contributed by atoms with E-state index in [9.17, 15) is 8.78 Å². The minimum Gasteiger partial charge on any atom is -0.391 e. The van der Waals surface area contributed by atoms with E-state index in [1.54, 1.807) is 0 Å². The molecule has 2 atom stereocenters. The van der Waals surface area contributed by atoms with Crippen molar-refractivity contribution in [3.05, 3.63) is 0 Å². The third kappa shape index (κ3) is 1.65. The first-order valence-corrected chi connectivity index (χ1v) is 3.76. The summed E-state index contributed by atoms with van der Waals surface area (Å²) in [6.07, 6.45) is -0.936. The minimum absolute atomic E-state index is 0.166. The van der Waals surface area contributed by atoms with Gasteiger partial charge in [-0.3, -0.25) is 0 Å². The number of halogens is 3. The van der Waals surface area contributed by atoms with Gasteiger partial charge >= 0.3 is 4.83 Å². The van der Waals surface area contributed by atoms with Gasteiger partial charge in [0.05, 0.1) is 12.0 Å². The maximum atomic E-state index is 12.4. The molecule has 1 rings (SSSR count). The van der Waals surface area contributed by atoms with Crippen molar-refractivity contribution in [2.24, 2.45) is 5.92 Å². The largest absolute Gasteiger partial charge is 0.391 e. The Morgan fingerprint density at radius 2 is 2.10 bits per heavy atom. The Hall–Kier alpha value is 0.260. The summed E-state index contributed by atoms with van der Waals surface area (Å²) in [5, 5.41) is 11.6. The lowest BCUT2D eigenvalue weighted by Gasteiger charge is -2.18. The zero-order valence-electron chi connectivity index (χ0n) is 5.15. The lowest BCUT2D eigenvalue weighted by atomic mass is 10.1. The second-order valence-corrected chi connectivity index (χ2v) is 3.43. The van der Waals surface area contributed by atoms with Crippen molar-refractivity contribution >= 4 is 15.9 Å². The Morgan fingerprint density at radius 1 is 1.50 bits per heavy atom. The van der Waals surface area contributed by atoms with Crippen LogP contribution in [0.1, 0.15) is 0 Å². The van der Waals surface area contributed by atoms with E-state index in [0.717, 1.165) is 0 Å². The van der Waals surface area contributed by atoms with E-state index in [1.165, 1.54) is 0 Å². The molecule has 0 aliphatic carbocycles. The first-order chi connectivity index (χ1) is 4.52. The molecule has 2 nitrogen and oxygen atoms in total. The molecule has 0 bridgehead atoms. The quantitative estimate of drug-likeness (QED) is 0.627. The number of rotatable bonds is 1. The lowest BCUT2D eigenvalue weighted by molar-refractivity contribution is -0.00234. The Bertz CT molecular complexity index is 127. The van der Waals surface area contributed by atoms with Gasteiger partial charge in [0.2, 0.25) is 0 Å². The first-order valence-electron chi connectivity index (χ1n) is 2.97. The summed E-state index contributed by atoms with van der Waals surface area (Å²) in [6, 6.07) is 0. The molecule has 1 fully saturated rings. The molecule has 0 radical (unpaired) electrons. The SMILES string of the molecule is O[C@@H]1CNC[C@H]1C(F)(F)Br. The number of aliphatic hydroxyl groups excluding tert-OH is 1. The van der Waals surface area contributed by atoms with Gasteiger partial charge in [-0.25, -0.2) is 0 Å². The van der Waals surface area contributed by atoms with Crippen LogP contribution in [0.15, 0.2) is 0 Å². The van der Waals surface area contributed by atoms with Gasteiger partial charge in [-0.05, 0) is 15.9 Å². The number of alkyl halides is 3. The van der Waals surface area contributed by atoms with Crippen LogP contribution < -0.4 is 5.32 Å². The molecule has 0 amide bonds. The summed E-state index contributed by atoms with van der Waals surface area (Å²) >= 11 is 2.21. The highest BCUT2D eigenvalue weighted by Gasteiger charge is 2.43. The van der Waals surface area contributed by atoms with E-state index in [4.69, 9.17) is 5.11 Å². The zero-order valence-corrected chi connectivity index (χ0v) is 6.74. The Balaban J connectivity index is 2.55. The number of β-amino-alcohol motifs (C(OH)–C–C–N with tert-alkyl or cyclic N) is 1. The predicted molar refractivity (Wildman–Crippen MR) is 36.2 cm³/mol. The van der Waals surface area contributed by atoms with Gasteiger partial charge in [0.1, 0.15) is 0 Å². The topological polar surface area (TPSA) is 32.3 Å². The van der Waals surface area contributed by atoms with Gasteiger partial charge in [-0.15, -0.1) is 0 Å². The molecule has 0 aromatic rings. The molecule has 0 aromatic heterocycles. The highest BCUT2D eigenvalue weighted by Crippen LogP contribution is 2.34. The van der Waals surface area contributed by atoms with E-state index in [-0.39, 0.29) is 13.1 Å². The van der Waals surface area contributed by atoms with E-state index in [2.05, 4.69) is 21.2 Å². The standard InChI is InChI=1S/C5H8BrF2NO/c6-5(7,8)3-1-9-2-4(3)10/h3-4,9-10H,1-2H2/t3-,4-/m1/s1. The number of hydrogen-bond donors (Lipinski definition) is 2. The van der Waals surface area contributed by atoms with Crippen molar-refractivity contribution in [2.75, 3.05) is 13.1 Å². The van der Waals surface area contributed by atoms with Crippen molar-refractivity contribution in [1.29, 1.82) is 0 Å². The normalized spacial score (nSPS) is 34.8. The van der Waals surface area contributed by atoms with Crippen LogP contribution in [0.2, 0.25) is 0 Å². The van der Waals surface area contributed by atoms with Crippen molar-refractivity contribution in [2.45, 2.75) is 10.9 Å². The molecule has 60 valence electrons. The van der Waals surface area contributed by atoms with Crippen molar-refractivity contribution < 1.29 is 13.9 Å². The number of hydrogen-bond acceptors (Lipinski definition) is 2. The fraction of sp³-hybridized carbons (Fsp3) is 1.00. The van der Waals surface area contributed by atoms with Crippen LogP contribution in [0, 0.1) is 5.92 Å². The van der Waals surface area contributed by atoms with Crippen molar-refractivity contribution in [3.8, 4) is 0 Å². The van der Waals surface area contributed by atoms with E-state index in [1.807, 2.05) is 0 Å². The summed E-state index contributed by atoms with van der Waals surface area (Å²) in [6.45, 7) is 0.422. The first kappa shape index (κ1) is 8.36. The van der Waals surface area contributed by atoms with Crippen molar-refractivity contribution in [3.63, 3.8) is 0 Å². The second kappa shape index (κ2) is 2.71. The molecule has 1 aliphatic rings. The molecule has 0 saturated carbocycles. The average molecular weight is 216 g/mol. The summed E-state index contributed by atoms with van der Waals surface area (Å²) < 4.78 is 24.8. The predicted octanol–water partition coefficient (Wildman–Crippen LogP) is 0.554. The molecule has 0 unspecified atom stereocenters. The van der Waals surface area contributed by atoms with Crippen LogP contribution in [0.25, 0.3) is 0 Å². The Kier molecular flexibility index (Phi) is 2.27. The van der Waals surface area contributed by atoms with E-state index >= 15 is 0 Å². The smallest absolute Gasteiger partial charge is 0.307 e. The highest BCUT2D eigenvalue weighted by atomic mass is 79.9. The van der Waals surface area contributed by atoms with Gasteiger partial charge < -0.3 is 10.4 Å². The molecular weight excluding hydrogens is 208 g/mol. The molecule has 0 spiro atoms. The monoisotopic (exact) mass is 215 g/mol. The molecule has 5 heteroatoms. The van der Waals surface area contributed by atoms with Crippen LogP contribution in [0.3, 0.4) is 0 Å². The molecule has 1 heterocycles. The van der Waals surface area contributed by atoms with Crippen LogP contribution in [0.4, 0.5) is 8.78 Å². The maximum absolute atomic E-state index is 12.4. The maximum Gasteiger partial charge on any atom is 0.307 e.